The fraction of sp³-hybridized carbons (Fsp3) is 0.333. The minimum Gasteiger partial charge on any atom is -0.348 e. The maximum Gasteiger partial charge on any atom is 0.254 e. The summed E-state index contributed by atoms with van der Waals surface area (Å²) >= 11 is 1.45. The van der Waals surface area contributed by atoms with E-state index in [2.05, 4.69) is 16.4 Å². The van der Waals surface area contributed by atoms with Gasteiger partial charge in [-0.3, -0.25) is 4.79 Å². The average molecular weight is 377 g/mol. The van der Waals surface area contributed by atoms with Crippen LogP contribution >= 0.6 is 11.8 Å². The van der Waals surface area contributed by atoms with E-state index in [0.717, 1.165) is 10.5 Å². The van der Waals surface area contributed by atoms with Gasteiger partial charge in [0.15, 0.2) is 9.84 Å². The molecule has 1 aliphatic heterocycles. The average Bonchev–Trinajstić information content (AvgIpc) is 2.89. The predicted molar refractivity (Wildman–Crippen MR) is 98.8 cm³/mol. The number of pyridine rings is 1. The Labute approximate surface area is 152 Å². The van der Waals surface area contributed by atoms with Crippen LogP contribution in [0.2, 0.25) is 0 Å². The molecule has 0 radical (unpaired) electrons. The zero-order valence-corrected chi connectivity index (χ0v) is 15.8. The maximum atomic E-state index is 12.6. The highest BCUT2D eigenvalue weighted by Crippen LogP contribution is 2.31. The Hall–Kier alpha value is -1.86. The number of carbonyl (C=O) groups excluding carboxylic acids is 1. The van der Waals surface area contributed by atoms with Crippen LogP contribution in [0.15, 0.2) is 46.5 Å². The molecule has 5 nitrogen and oxygen atoms in total. The normalized spacial score (nSPS) is 18.9. The van der Waals surface area contributed by atoms with E-state index >= 15 is 0 Å². The number of sulfone groups is 1. The van der Waals surface area contributed by atoms with E-state index in [9.17, 15) is 13.2 Å². The van der Waals surface area contributed by atoms with Gasteiger partial charge in [-0.05, 0) is 44.0 Å². The molecule has 3 rings (SSSR count). The fourth-order valence-corrected chi connectivity index (χ4v) is 5.46. The number of aryl methyl sites for hydroxylation is 2. The van der Waals surface area contributed by atoms with Crippen molar-refractivity contribution in [3.05, 3.63) is 53.2 Å². The Kier molecular flexibility index (Phi) is 5.15. The molecule has 1 aromatic heterocycles. The van der Waals surface area contributed by atoms with E-state index in [1.54, 1.807) is 18.3 Å². The monoisotopic (exact) mass is 376 g/mol. The summed E-state index contributed by atoms with van der Waals surface area (Å²) < 4.78 is 23.1. The molecule has 132 valence electrons. The van der Waals surface area contributed by atoms with E-state index < -0.39 is 9.84 Å². The Morgan fingerprint density at radius 1 is 1.28 bits per heavy atom. The number of benzene rings is 1. The third-order valence-corrected chi connectivity index (χ3v) is 7.09. The van der Waals surface area contributed by atoms with Crippen LogP contribution in [0, 0.1) is 13.8 Å². The first kappa shape index (κ1) is 17.9. The van der Waals surface area contributed by atoms with E-state index in [1.165, 1.54) is 17.3 Å². The van der Waals surface area contributed by atoms with E-state index in [0.29, 0.717) is 17.0 Å². The van der Waals surface area contributed by atoms with Crippen LogP contribution in [-0.2, 0) is 9.84 Å². The number of nitrogens with zero attached hydrogens (tertiary/aromatic N) is 1. The van der Waals surface area contributed by atoms with Crippen molar-refractivity contribution in [2.75, 3.05) is 11.5 Å². The summed E-state index contributed by atoms with van der Waals surface area (Å²) in [4.78, 5) is 18.0. The third-order valence-electron chi connectivity index (χ3n) is 4.12. The molecule has 7 heteroatoms. The molecule has 0 saturated carbocycles. The van der Waals surface area contributed by atoms with Gasteiger partial charge in [0.25, 0.3) is 5.91 Å². The highest BCUT2D eigenvalue weighted by Gasteiger charge is 2.29. The van der Waals surface area contributed by atoms with Crippen molar-refractivity contribution in [1.29, 1.82) is 0 Å². The summed E-state index contributed by atoms with van der Waals surface area (Å²) in [6, 6.07) is 9.26. The first-order valence-electron chi connectivity index (χ1n) is 8.05. The summed E-state index contributed by atoms with van der Waals surface area (Å²) in [5.74, 6) is -0.129. The SMILES string of the molecule is Cc1ccc(Sc2ncccc2C(=O)NC2CCS(=O)(=O)C2)c(C)c1. The summed E-state index contributed by atoms with van der Waals surface area (Å²) in [5, 5.41) is 3.45. The van der Waals surface area contributed by atoms with Gasteiger partial charge in [-0.25, -0.2) is 13.4 Å². The smallest absolute Gasteiger partial charge is 0.254 e. The van der Waals surface area contributed by atoms with Crippen LogP contribution in [-0.4, -0.2) is 36.9 Å². The van der Waals surface area contributed by atoms with Crippen LogP contribution in [0.25, 0.3) is 0 Å². The second-order valence-corrected chi connectivity index (χ2v) is 9.56. The molecule has 0 bridgehead atoms. The molecule has 1 N–H and O–H groups in total. The lowest BCUT2D eigenvalue weighted by molar-refractivity contribution is 0.0937. The lowest BCUT2D eigenvalue weighted by Gasteiger charge is -2.13. The van der Waals surface area contributed by atoms with Crippen molar-refractivity contribution >= 4 is 27.5 Å². The Bertz CT molecular complexity index is 910. The van der Waals surface area contributed by atoms with Crippen LogP contribution in [0.1, 0.15) is 27.9 Å². The highest BCUT2D eigenvalue weighted by molar-refractivity contribution is 7.99. The van der Waals surface area contributed by atoms with Gasteiger partial charge in [0.2, 0.25) is 0 Å². The molecular weight excluding hydrogens is 356 g/mol. The van der Waals surface area contributed by atoms with Gasteiger partial charge in [0, 0.05) is 17.1 Å². The molecule has 1 atom stereocenters. The van der Waals surface area contributed by atoms with Gasteiger partial charge in [-0.2, -0.15) is 0 Å². The zero-order chi connectivity index (χ0) is 18.0. The fourth-order valence-electron chi connectivity index (χ4n) is 2.83. The maximum absolute atomic E-state index is 12.6. The molecule has 0 spiro atoms. The quantitative estimate of drug-likeness (QED) is 0.888. The number of rotatable bonds is 4. The van der Waals surface area contributed by atoms with E-state index in [-0.39, 0.29) is 23.5 Å². The number of aromatic nitrogens is 1. The molecule has 1 amide bonds. The van der Waals surface area contributed by atoms with Crippen LogP contribution < -0.4 is 5.32 Å². The lowest BCUT2D eigenvalue weighted by Crippen LogP contribution is -2.35. The lowest BCUT2D eigenvalue weighted by atomic mass is 10.2. The molecule has 2 aromatic rings. The van der Waals surface area contributed by atoms with Crippen molar-refractivity contribution in [1.82, 2.24) is 10.3 Å². The van der Waals surface area contributed by atoms with E-state index in [1.807, 2.05) is 26.0 Å². The van der Waals surface area contributed by atoms with Crippen molar-refractivity contribution in [2.24, 2.45) is 0 Å². The van der Waals surface area contributed by atoms with Crippen molar-refractivity contribution in [3.8, 4) is 0 Å². The van der Waals surface area contributed by atoms with Crippen molar-refractivity contribution in [2.45, 2.75) is 36.2 Å². The van der Waals surface area contributed by atoms with Crippen molar-refractivity contribution < 1.29 is 13.2 Å². The van der Waals surface area contributed by atoms with Gasteiger partial charge >= 0.3 is 0 Å². The standard InChI is InChI=1S/C18H20N2O3S2/c1-12-5-6-16(13(2)10-12)24-18-15(4-3-8-19-18)17(21)20-14-7-9-25(22,23)11-14/h3-6,8,10,14H,7,9,11H2,1-2H3,(H,20,21). The largest absolute Gasteiger partial charge is 0.348 e. The number of nitrogens with one attached hydrogen (secondary N) is 1. The molecule has 1 aromatic carbocycles. The second-order valence-electron chi connectivity index (χ2n) is 6.30. The van der Waals surface area contributed by atoms with E-state index in [4.69, 9.17) is 0 Å². The minimum absolute atomic E-state index is 0.0124. The summed E-state index contributed by atoms with van der Waals surface area (Å²) in [6.07, 6.45) is 2.12. The summed E-state index contributed by atoms with van der Waals surface area (Å²) in [5.41, 5.74) is 2.78. The second kappa shape index (κ2) is 7.17. The summed E-state index contributed by atoms with van der Waals surface area (Å²) in [6.45, 7) is 4.07. The molecule has 1 unspecified atom stereocenters. The molecular formula is C18H20N2O3S2. The van der Waals surface area contributed by atoms with Gasteiger partial charge in [0.05, 0.1) is 17.1 Å². The highest BCUT2D eigenvalue weighted by atomic mass is 32.2. The van der Waals surface area contributed by atoms with Gasteiger partial charge < -0.3 is 5.32 Å². The zero-order valence-electron chi connectivity index (χ0n) is 14.2. The molecule has 25 heavy (non-hydrogen) atoms. The molecule has 1 aliphatic rings. The first-order chi connectivity index (χ1) is 11.8. The number of carbonyl (C=O) groups is 1. The first-order valence-corrected chi connectivity index (χ1v) is 10.7. The Morgan fingerprint density at radius 3 is 2.76 bits per heavy atom. The minimum atomic E-state index is -3.03. The number of hydrogen-bond acceptors (Lipinski definition) is 5. The topological polar surface area (TPSA) is 76.1 Å². The Balaban J connectivity index is 1.79. The van der Waals surface area contributed by atoms with Crippen LogP contribution in [0.3, 0.4) is 0 Å². The summed E-state index contributed by atoms with van der Waals surface area (Å²) in [7, 11) is -3.03. The third kappa shape index (κ3) is 4.41. The number of amides is 1. The predicted octanol–water partition coefficient (Wildman–Crippen LogP) is 2.77. The molecule has 1 saturated heterocycles. The van der Waals surface area contributed by atoms with Gasteiger partial charge in [0.1, 0.15) is 5.03 Å². The van der Waals surface area contributed by atoms with Crippen LogP contribution in [0.5, 0.6) is 0 Å². The molecule has 1 fully saturated rings. The molecule has 2 heterocycles. The van der Waals surface area contributed by atoms with Crippen LogP contribution in [0.4, 0.5) is 0 Å². The Morgan fingerprint density at radius 2 is 2.08 bits per heavy atom. The van der Waals surface area contributed by atoms with Gasteiger partial charge in [-0.15, -0.1) is 0 Å². The number of hydrogen-bond donors (Lipinski definition) is 1. The van der Waals surface area contributed by atoms with Crippen molar-refractivity contribution in [3.63, 3.8) is 0 Å². The molecule has 0 aliphatic carbocycles. The van der Waals surface area contributed by atoms with Gasteiger partial charge in [-0.1, -0.05) is 29.5 Å².